The fourth-order valence-electron chi connectivity index (χ4n) is 3.84. The summed E-state index contributed by atoms with van der Waals surface area (Å²) in [5, 5.41) is 12.8. The van der Waals surface area contributed by atoms with Crippen LogP contribution in [0.3, 0.4) is 0 Å². The molecule has 0 N–H and O–H groups in total. The molecule has 4 rings (SSSR count). The predicted octanol–water partition coefficient (Wildman–Crippen LogP) is 2.44. The Hall–Kier alpha value is -2.25. The highest BCUT2D eigenvalue weighted by molar-refractivity contribution is 5.99. The maximum atomic E-state index is 11.3. The number of nitrogens with zero attached hydrogens (tertiary/aromatic N) is 4. The first-order chi connectivity index (χ1) is 12.2. The first-order valence-electron chi connectivity index (χ1n) is 8.82. The van der Waals surface area contributed by atoms with Gasteiger partial charge in [-0.15, -0.1) is 0 Å². The molecule has 0 spiro atoms. The zero-order chi connectivity index (χ0) is 17.2. The summed E-state index contributed by atoms with van der Waals surface area (Å²) >= 11 is 0. The molecule has 0 bridgehead atoms. The van der Waals surface area contributed by atoms with Crippen molar-refractivity contribution in [1.29, 1.82) is 0 Å². The smallest absolute Gasteiger partial charge is 0.278 e. The van der Waals surface area contributed by atoms with Gasteiger partial charge in [-0.1, -0.05) is 0 Å². The lowest BCUT2D eigenvalue weighted by atomic mass is 10.1. The fraction of sp³-hybridized carbons (Fsp3) is 0.500. The average Bonchev–Trinajstić information content (AvgIpc) is 3.14. The molecular weight excluding hydrogens is 320 g/mol. The van der Waals surface area contributed by atoms with Gasteiger partial charge >= 0.3 is 0 Å². The van der Waals surface area contributed by atoms with E-state index in [2.05, 4.69) is 14.8 Å². The maximum Gasteiger partial charge on any atom is 0.278 e. The number of fused-ring (bicyclic) bond motifs is 1. The molecule has 0 radical (unpaired) electrons. The number of non-ortho nitro benzene ring substituents is 1. The van der Waals surface area contributed by atoms with Gasteiger partial charge in [0.1, 0.15) is 0 Å². The first kappa shape index (κ1) is 16.2. The molecule has 25 heavy (non-hydrogen) atoms. The van der Waals surface area contributed by atoms with E-state index in [0.29, 0.717) is 11.5 Å². The number of pyridine rings is 1. The summed E-state index contributed by atoms with van der Waals surface area (Å²) in [5.41, 5.74) is 1.17. The second-order valence-electron chi connectivity index (χ2n) is 6.70. The molecule has 7 heteroatoms. The number of rotatable bonds is 4. The summed E-state index contributed by atoms with van der Waals surface area (Å²) < 4.78 is 5.73. The standard InChI is InChI=1S/C18H22N4O3/c23-22(24)18-4-3-17(15-5-6-19-12-16(15)18)21-9-7-20(8-10-21)13-14-2-1-11-25-14/h3-6,12,14H,1-2,7-11,13H2/t14-/m1/s1. The summed E-state index contributed by atoms with van der Waals surface area (Å²) in [6, 6.07) is 5.34. The second-order valence-corrected chi connectivity index (χ2v) is 6.70. The number of hydrogen-bond acceptors (Lipinski definition) is 6. The SMILES string of the molecule is O=[N+]([O-])c1ccc(N2CCN(C[C@H]3CCCO3)CC2)c2ccncc12. The van der Waals surface area contributed by atoms with E-state index in [-0.39, 0.29) is 10.6 Å². The summed E-state index contributed by atoms with van der Waals surface area (Å²) in [4.78, 5) is 19.8. The van der Waals surface area contributed by atoms with Gasteiger partial charge in [0.2, 0.25) is 0 Å². The molecule has 3 heterocycles. The summed E-state index contributed by atoms with van der Waals surface area (Å²) in [6.07, 6.45) is 6.01. The number of piperazine rings is 1. The van der Waals surface area contributed by atoms with E-state index in [4.69, 9.17) is 4.74 Å². The molecule has 2 saturated heterocycles. The third-order valence-corrected chi connectivity index (χ3v) is 5.17. The third-order valence-electron chi connectivity index (χ3n) is 5.17. The average molecular weight is 342 g/mol. The molecule has 2 aliphatic heterocycles. The lowest BCUT2D eigenvalue weighted by molar-refractivity contribution is -0.383. The van der Waals surface area contributed by atoms with Crippen molar-refractivity contribution in [3.63, 3.8) is 0 Å². The Bertz CT molecular complexity index is 768. The molecule has 2 aliphatic rings. The lowest BCUT2D eigenvalue weighted by Crippen LogP contribution is -2.48. The van der Waals surface area contributed by atoms with Crippen LogP contribution >= 0.6 is 0 Å². The van der Waals surface area contributed by atoms with Crippen LogP contribution in [0.4, 0.5) is 11.4 Å². The zero-order valence-corrected chi connectivity index (χ0v) is 14.1. The maximum absolute atomic E-state index is 11.3. The Morgan fingerprint density at radius 2 is 2.04 bits per heavy atom. The van der Waals surface area contributed by atoms with Gasteiger partial charge in [-0.05, 0) is 25.0 Å². The number of aromatic nitrogens is 1. The van der Waals surface area contributed by atoms with E-state index in [1.54, 1.807) is 18.5 Å². The highest BCUT2D eigenvalue weighted by Crippen LogP contribution is 2.33. The molecule has 1 aromatic heterocycles. The Morgan fingerprint density at radius 1 is 1.20 bits per heavy atom. The van der Waals surface area contributed by atoms with Gasteiger partial charge in [0, 0.05) is 68.9 Å². The van der Waals surface area contributed by atoms with Gasteiger partial charge < -0.3 is 9.64 Å². The van der Waals surface area contributed by atoms with Crippen molar-refractivity contribution in [2.24, 2.45) is 0 Å². The Kier molecular flexibility index (Phi) is 4.50. The molecule has 7 nitrogen and oxygen atoms in total. The summed E-state index contributed by atoms with van der Waals surface area (Å²) in [7, 11) is 0. The third kappa shape index (κ3) is 3.29. The minimum absolute atomic E-state index is 0.115. The molecule has 132 valence electrons. The van der Waals surface area contributed by atoms with Gasteiger partial charge in [-0.2, -0.15) is 0 Å². The van der Waals surface area contributed by atoms with Crippen molar-refractivity contribution in [2.45, 2.75) is 18.9 Å². The van der Waals surface area contributed by atoms with Gasteiger partial charge in [0.25, 0.3) is 5.69 Å². The molecule has 0 unspecified atom stereocenters. The summed E-state index contributed by atoms with van der Waals surface area (Å²) in [5.74, 6) is 0. The number of ether oxygens (including phenoxy) is 1. The van der Waals surface area contributed by atoms with Crippen LogP contribution in [0.1, 0.15) is 12.8 Å². The zero-order valence-electron chi connectivity index (χ0n) is 14.1. The number of nitro benzene ring substituents is 1. The van der Waals surface area contributed by atoms with Crippen LogP contribution < -0.4 is 4.90 Å². The van der Waals surface area contributed by atoms with Gasteiger partial charge in [0.05, 0.1) is 16.4 Å². The van der Waals surface area contributed by atoms with Crippen molar-refractivity contribution in [2.75, 3.05) is 44.2 Å². The van der Waals surface area contributed by atoms with E-state index in [0.717, 1.165) is 50.4 Å². The Morgan fingerprint density at radius 3 is 2.76 bits per heavy atom. The van der Waals surface area contributed by atoms with E-state index >= 15 is 0 Å². The van der Waals surface area contributed by atoms with Gasteiger partial charge in [-0.25, -0.2) is 0 Å². The molecule has 2 aromatic rings. The number of nitro groups is 1. The van der Waals surface area contributed by atoms with Crippen LogP contribution in [0.2, 0.25) is 0 Å². The lowest BCUT2D eigenvalue weighted by Gasteiger charge is -2.37. The minimum Gasteiger partial charge on any atom is -0.377 e. The number of benzene rings is 1. The van der Waals surface area contributed by atoms with Gasteiger partial charge in [-0.3, -0.25) is 20.0 Å². The monoisotopic (exact) mass is 342 g/mol. The van der Waals surface area contributed by atoms with E-state index in [1.807, 2.05) is 12.1 Å². The van der Waals surface area contributed by atoms with Crippen molar-refractivity contribution in [3.05, 3.63) is 40.7 Å². The van der Waals surface area contributed by atoms with Crippen molar-refractivity contribution in [3.8, 4) is 0 Å². The highest BCUT2D eigenvalue weighted by atomic mass is 16.6. The molecule has 1 aromatic carbocycles. The van der Waals surface area contributed by atoms with E-state index in [1.165, 1.54) is 12.8 Å². The van der Waals surface area contributed by atoms with Crippen molar-refractivity contribution < 1.29 is 9.66 Å². The van der Waals surface area contributed by atoms with Crippen LogP contribution in [-0.4, -0.2) is 60.2 Å². The molecule has 0 amide bonds. The summed E-state index contributed by atoms with van der Waals surface area (Å²) in [6.45, 7) is 5.73. The second kappa shape index (κ2) is 6.93. The molecule has 1 atom stereocenters. The highest BCUT2D eigenvalue weighted by Gasteiger charge is 2.24. The molecule has 0 saturated carbocycles. The molecule has 2 fully saturated rings. The van der Waals surface area contributed by atoms with Crippen molar-refractivity contribution >= 4 is 22.1 Å². The fourth-order valence-corrected chi connectivity index (χ4v) is 3.84. The topological polar surface area (TPSA) is 71.7 Å². The Balaban J connectivity index is 1.51. The first-order valence-corrected chi connectivity index (χ1v) is 8.82. The van der Waals surface area contributed by atoms with Crippen molar-refractivity contribution in [1.82, 2.24) is 9.88 Å². The molecular formula is C18H22N4O3. The van der Waals surface area contributed by atoms with Crippen LogP contribution in [-0.2, 0) is 4.74 Å². The van der Waals surface area contributed by atoms with Crippen LogP contribution in [0.25, 0.3) is 10.8 Å². The predicted molar refractivity (Wildman–Crippen MR) is 96.0 cm³/mol. The minimum atomic E-state index is -0.340. The van der Waals surface area contributed by atoms with E-state index < -0.39 is 0 Å². The van der Waals surface area contributed by atoms with Crippen LogP contribution in [0.15, 0.2) is 30.6 Å². The van der Waals surface area contributed by atoms with Gasteiger partial charge in [0.15, 0.2) is 0 Å². The Labute approximate surface area is 146 Å². The number of anilines is 1. The van der Waals surface area contributed by atoms with Crippen LogP contribution in [0.5, 0.6) is 0 Å². The normalized spacial score (nSPS) is 21.8. The van der Waals surface area contributed by atoms with Crippen LogP contribution in [0, 0.1) is 10.1 Å². The van der Waals surface area contributed by atoms with E-state index in [9.17, 15) is 10.1 Å². The molecule has 0 aliphatic carbocycles. The quantitative estimate of drug-likeness (QED) is 0.628. The largest absolute Gasteiger partial charge is 0.377 e. The number of hydrogen-bond donors (Lipinski definition) is 0.